The van der Waals surface area contributed by atoms with Crippen LogP contribution in [0, 0.1) is 6.92 Å². The molecule has 0 spiro atoms. The molecule has 0 amide bonds. The average Bonchev–Trinajstić information content (AvgIpc) is 3.06. The molecule has 3 rings (SSSR count). The number of aryl methyl sites for hydroxylation is 1. The van der Waals surface area contributed by atoms with E-state index in [0.717, 1.165) is 22.6 Å². The molecule has 0 bridgehead atoms. The number of hydrogen-bond donors (Lipinski definition) is 1. The fourth-order valence-corrected chi connectivity index (χ4v) is 3.42. The lowest BCUT2D eigenvalue weighted by Crippen LogP contribution is -2.12. The molecular weight excluding hydrogens is 346 g/mol. The largest absolute Gasteiger partial charge is 0.476 e. The summed E-state index contributed by atoms with van der Waals surface area (Å²) < 4.78 is 6.11. The standard InChI is InChI=1S/C21H21NO3S/c1-13-5-10-18(16(11-13)21(2,3)4)25-15-8-6-14(7-9-15)19-22-17(12-26-19)20(23)24/h5-12H,1-4H3,(H,23,24). The van der Waals surface area contributed by atoms with E-state index in [-0.39, 0.29) is 11.1 Å². The second kappa shape index (κ2) is 6.92. The van der Waals surface area contributed by atoms with Crippen LogP contribution >= 0.6 is 11.3 Å². The highest BCUT2D eigenvalue weighted by atomic mass is 32.1. The maximum atomic E-state index is 11.0. The van der Waals surface area contributed by atoms with Crippen molar-refractivity contribution in [3.63, 3.8) is 0 Å². The maximum Gasteiger partial charge on any atom is 0.355 e. The van der Waals surface area contributed by atoms with E-state index >= 15 is 0 Å². The van der Waals surface area contributed by atoms with E-state index in [9.17, 15) is 4.79 Å². The summed E-state index contributed by atoms with van der Waals surface area (Å²) in [5, 5.41) is 11.2. The third-order valence-electron chi connectivity index (χ3n) is 4.00. The molecule has 0 unspecified atom stereocenters. The number of benzene rings is 2. The fourth-order valence-electron chi connectivity index (χ4n) is 2.62. The Morgan fingerprint density at radius 1 is 1.12 bits per heavy atom. The molecule has 5 heteroatoms. The van der Waals surface area contributed by atoms with Gasteiger partial charge in [0, 0.05) is 16.5 Å². The number of nitrogens with zero attached hydrogens (tertiary/aromatic N) is 1. The van der Waals surface area contributed by atoms with Crippen molar-refractivity contribution in [1.29, 1.82) is 0 Å². The van der Waals surface area contributed by atoms with E-state index in [1.807, 2.05) is 36.4 Å². The number of thiazole rings is 1. The number of aromatic nitrogens is 1. The van der Waals surface area contributed by atoms with Gasteiger partial charge >= 0.3 is 5.97 Å². The maximum absolute atomic E-state index is 11.0. The molecule has 3 aromatic rings. The summed E-state index contributed by atoms with van der Waals surface area (Å²) in [6.07, 6.45) is 0. The zero-order valence-corrected chi connectivity index (χ0v) is 16.1. The van der Waals surface area contributed by atoms with Gasteiger partial charge in [-0.3, -0.25) is 0 Å². The monoisotopic (exact) mass is 367 g/mol. The Morgan fingerprint density at radius 2 is 1.81 bits per heavy atom. The minimum atomic E-state index is -1.01. The van der Waals surface area contributed by atoms with Crippen molar-refractivity contribution >= 4 is 17.3 Å². The van der Waals surface area contributed by atoms with Crippen molar-refractivity contribution in [3.8, 4) is 22.1 Å². The molecular formula is C21H21NO3S. The first-order valence-electron chi connectivity index (χ1n) is 8.32. The molecule has 134 valence electrons. The SMILES string of the molecule is Cc1ccc(Oc2ccc(-c3nc(C(=O)O)cs3)cc2)c(C(C)(C)C)c1. The number of ether oxygens (including phenoxy) is 1. The predicted octanol–water partition coefficient (Wildman–Crippen LogP) is 5.91. The molecule has 1 heterocycles. The van der Waals surface area contributed by atoms with Gasteiger partial charge in [0.1, 0.15) is 16.5 Å². The van der Waals surface area contributed by atoms with Crippen LogP contribution in [0.25, 0.3) is 10.6 Å². The zero-order valence-electron chi connectivity index (χ0n) is 15.2. The van der Waals surface area contributed by atoms with E-state index < -0.39 is 5.97 Å². The van der Waals surface area contributed by atoms with Crippen LogP contribution in [0.1, 0.15) is 42.4 Å². The van der Waals surface area contributed by atoms with Crippen molar-refractivity contribution in [1.82, 2.24) is 4.98 Å². The van der Waals surface area contributed by atoms with Crippen LogP contribution < -0.4 is 4.74 Å². The van der Waals surface area contributed by atoms with Crippen molar-refractivity contribution < 1.29 is 14.6 Å². The van der Waals surface area contributed by atoms with Gasteiger partial charge in [-0.05, 0) is 42.7 Å². The van der Waals surface area contributed by atoms with Crippen molar-refractivity contribution in [2.24, 2.45) is 0 Å². The van der Waals surface area contributed by atoms with Gasteiger partial charge in [0.15, 0.2) is 5.69 Å². The Kier molecular flexibility index (Phi) is 4.83. The molecule has 0 aliphatic heterocycles. The summed E-state index contributed by atoms with van der Waals surface area (Å²) in [6, 6.07) is 13.8. The molecule has 0 saturated carbocycles. The van der Waals surface area contributed by atoms with Gasteiger partial charge in [-0.25, -0.2) is 9.78 Å². The third kappa shape index (κ3) is 3.94. The quantitative estimate of drug-likeness (QED) is 0.623. The second-order valence-electron chi connectivity index (χ2n) is 7.22. The van der Waals surface area contributed by atoms with Gasteiger partial charge < -0.3 is 9.84 Å². The van der Waals surface area contributed by atoms with Crippen LogP contribution in [0.2, 0.25) is 0 Å². The number of aromatic carboxylic acids is 1. The third-order valence-corrected chi connectivity index (χ3v) is 4.89. The lowest BCUT2D eigenvalue weighted by molar-refractivity contribution is 0.0691. The number of carbonyl (C=O) groups is 1. The molecule has 0 aliphatic rings. The second-order valence-corrected chi connectivity index (χ2v) is 8.08. The Balaban J connectivity index is 1.85. The fraction of sp³-hybridized carbons (Fsp3) is 0.238. The summed E-state index contributed by atoms with van der Waals surface area (Å²) in [5.41, 5.74) is 3.29. The van der Waals surface area contributed by atoms with E-state index in [1.165, 1.54) is 16.9 Å². The van der Waals surface area contributed by atoms with Crippen LogP contribution in [0.15, 0.2) is 47.8 Å². The van der Waals surface area contributed by atoms with Crippen LogP contribution in [0.3, 0.4) is 0 Å². The molecule has 4 nitrogen and oxygen atoms in total. The average molecular weight is 367 g/mol. The van der Waals surface area contributed by atoms with Gasteiger partial charge in [0.25, 0.3) is 0 Å². The minimum Gasteiger partial charge on any atom is -0.476 e. The molecule has 26 heavy (non-hydrogen) atoms. The summed E-state index contributed by atoms with van der Waals surface area (Å²) in [6.45, 7) is 8.58. The van der Waals surface area contributed by atoms with Gasteiger partial charge in [-0.15, -0.1) is 11.3 Å². The first kappa shape index (κ1) is 18.1. The number of rotatable bonds is 4. The van der Waals surface area contributed by atoms with Gasteiger partial charge in [-0.1, -0.05) is 38.5 Å². The minimum absolute atomic E-state index is 0.0184. The smallest absolute Gasteiger partial charge is 0.355 e. The molecule has 0 fully saturated rings. The van der Waals surface area contributed by atoms with E-state index in [4.69, 9.17) is 9.84 Å². The van der Waals surface area contributed by atoms with Crippen molar-refractivity contribution in [2.45, 2.75) is 33.1 Å². The predicted molar refractivity (Wildman–Crippen MR) is 104 cm³/mol. The number of hydrogen-bond acceptors (Lipinski definition) is 4. The lowest BCUT2D eigenvalue weighted by atomic mass is 9.85. The summed E-state index contributed by atoms with van der Waals surface area (Å²) in [5.74, 6) is 0.568. The molecule has 0 atom stereocenters. The summed E-state index contributed by atoms with van der Waals surface area (Å²) >= 11 is 1.32. The molecule has 0 aliphatic carbocycles. The zero-order chi connectivity index (χ0) is 18.9. The topological polar surface area (TPSA) is 59.4 Å². The Morgan fingerprint density at radius 3 is 2.38 bits per heavy atom. The Labute approximate surface area is 157 Å². The van der Waals surface area contributed by atoms with Crippen LogP contribution in [-0.4, -0.2) is 16.1 Å². The Bertz CT molecular complexity index is 937. The van der Waals surface area contributed by atoms with Gasteiger partial charge in [-0.2, -0.15) is 0 Å². The van der Waals surface area contributed by atoms with E-state index in [0.29, 0.717) is 5.01 Å². The van der Waals surface area contributed by atoms with Crippen molar-refractivity contribution in [2.75, 3.05) is 0 Å². The normalized spacial score (nSPS) is 11.4. The van der Waals surface area contributed by atoms with Gasteiger partial charge in [0.2, 0.25) is 0 Å². The van der Waals surface area contributed by atoms with Crippen LogP contribution in [0.4, 0.5) is 0 Å². The summed E-state index contributed by atoms with van der Waals surface area (Å²) in [4.78, 5) is 15.1. The van der Waals surface area contributed by atoms with E-state index in [1.54, 1.807) is 5.38 Å². The molecule has 0 saturated heterocycles. The first-order chi connectivity index (χ1) is 12.2. The van der Waals surface area contributed by atoms with Gasteiger partial charge in [0.05, 0.1) is 0 Å². The Hall–Kier alpha value is -2.66. The first-order valence-corrected chi connectivity index (χ1v) is 9.20. The number of carboxylic acids is 1. The highest BCUT2D eigenvalue weighted by Gasteiger charge is 2.19. The highest BCUT2D eigenvalue weighted by Crippen LogP contribution is 2.35. The molecule has 1 N–H and O–H groups in total. The molecule has 2 aromatic carbocycles. The molecule has 0 radical (unpaired) electrons. The van der Waals surface area contributed by atoms with Crippen molar-refractivity contribution in [3.05, 3.63) is 64.7 Å². The summed E-state index contributed by atoms with van der Waals surface area (Å²) in [7, 11) is 0. The van der Waals surface area contributed by atoms with Crippen LogP contribution in [-0.2, 0) is 5.41 Å². The van der Waals surface area contributed by atoms with E-state index in [2.05, 4.69) is 38.7 Å². The number of carboxylic acid groups (broad SMARTS) is 1. The van der Waals surface area contributed by atoms with Crippen LogP contribution in [0.5, 0.6) is 11.5 Å². The lowest BCUT2D eigenvalue weighted by Gasteiger charge is -2.23. The highest BCUT2D eigenvalue weighted by molar-refractivity contribution is 7.13. The molecule has 1 aromatic heterocycles.